The average molecular weight is 268 g/mol. The Balaban J connectivity index is 2.97. The molecule has 0 aliphatic rings. The Kier molecular flexibility index (Phi) is 3.48. The normalized spacial score (nSPS) is 13.0. The van der Waals surface area contributed by atoms with Crippen LogP contribution in [-0.4, -0.2) is 0 Å². The van der Waals surface area contributed by atoms with Crippen LogP contribution >= 0.6 is 0 Å². The predicted molar refractivity (Wildman–Crippen MR) is 90.8 cm³/mol. The van der Waals surface area contributed by atoms with Crippen LogP contribution in [0, 0.1) is 13.8 Å². The minimum atomic E-state index is 0.165. The van der Waals surface area contributed by atoms with Crippen molar-refractivity contribution in [3.05, 3.63) is 46.5 Å². The molecule has 0 amide bonds. The van der Waals surface area contributed by atoms with Gasteiger partial charge in [-0.1, -0.05) is 65.8 Å². The van der Waals surface area contributed by atoms with Crippen LogP contribution in [0.4, 0.5) is 0 Å². The first-order valence-electron chi connectivity index (χ1n) is 7.57. The second-order valence-corrected chi connectivity index (χ2v) is 8.15. The van der Waals surface area contributed by atoms with Crippen LogP contribution in [0.1, 0.15) is 63.8 Å². The summed E-state index contributed by atoms with van der Waals surface area (Å²) in [6, 6.07) is 9.32. The SMILES string of the molecule is Cc1ccc(C)c2c(C(C)(C)C)cc(C(C)(C)C)cc12. The fourth-order valence-corrected chi connectivity index (χ4v) is 2.83. The van der Waals surface area contributed by atoms with Gasteiger partial charge in [0.25, 0.3) is 0 Å². The standard InChI is InChI=1S/C20H28/c1-13-9-10-14(2)18-16(13)11-15(19(3,4)5)12-17(18)20(6,7)8/h9-12H,1-8H3. The van der Waals surface area contributed by atoms with Gasteiger partial charge in [0.05, 0.1) is 0 Å². The average Bonchev–Trinajstić information content (AvgIpc) is 2.30. The molecule has 0 saturated carbocycles. The van der Waals surface area contributed by atoms with Gasteiger partial charge in [-0.25, -0.2) is 0 Å². The third-order valence-electron chi connectivity index (χ3n) is 4.21. The van der Waals surface area contributed by atoms with Crippen LogP contribution in [-0.2, 0) is 10.8 Å². The van der Waals surface area contributed by atoms with Crippen molar-refractivity contribution in [2.24, 2.45) is 0 Å². The van der Waals surface area contributed by atoms with Gasteiger partial charge in [0.1, 0.15) is 0 Å². The highest BCUT2D eigenvalue weighted by molar-refractivity contribution is 5.92. The lowest BCUT2D eigenvalue weighted by molar-refractivity contribution is 0.572. The maximum absolute atomic E-state index is 2.43. The van der Waals surface area contributed by atoms with Crippen LogP contribution in [0.15, 0.2) is 24.3 Å². The first kappa shape index (κ1) is 15.1. The van der Waals surface area contributed by atoms with E-state index in [2.05, 4.69) is 79.7 Å². The number of rotatable bonds is 0. The van der Waals surface area contributed by atoms with Crippen molar-refractivity contribution in [2.75, 3.05) is 0 Å². The highest BCUT2D eigenvalue weighted by atomic mass is 14.3. The molecular formula is C20H28. The van der Waals surface area contributed by atoms with Gasteiger partial charge in [-0.05, 0) is 57.7 Å². The van der Waals surface area contributed by atoms with E-state index in [0.717, 1.165) is 0 Å². The fourth-order valence-electron chi connectivity index (χ4n) is 2.83. The van der Waals surface area contributed by atoms with E-state index in [1.807, 2.05) is 0 Å². The topological polar surface area (TPSA) is 0 Å². The Morgan fingerprint density at radius 3 is 1.75 bits per heavy atom. The van der Waals surface area contributed by atoms with Crippen molar-refractivity contribution in [3.8, 4) is 0 Å². The Labute approximate surface area is 124 Å². The van der Waals surface area contributed by atoms with Gasteiger partial charge in [-0.3, -0.25) is 0 Å². The molecule has 0 unspecified atom stereocenters. The second-order valence-electron chi connectivity index (χ2n) is 8.15. The summed E-state index contributed by atoms with van der Waals surface area (Å²) >= 11 is 0. The summed E-state index contributed by atoms with van der Waals surface area (Å²) in [5, 5.41) is 2.87. The van der Waals surface area contributed by atoms with Gasteiger partial charge < -0.3 is 0 Å². The Bertz CT molecular complexity index is 646. The van der Waals surface area contributed by atoms with E-state index in [4.69, 9.17) is 0 Å². The summed E-state index contributed by atoms with van der Waals surface area (Å²) in [6.07, 6.45) is 0. The quantitative estimate of drug-likeness (QED) is 0.545. The summed E-state index contributed by atoms with van der Waals surface area (Å²) in [7, 11) is 0. The molecule has 0 aliphatic carbocycles. The van der Waals surface area contributed by atoms with Gasteiger partial charge in [0.15, 0.2) is 0 Å². The zero-order chi connectivity index (χ0) is 15.3. The van der Waals surface area contributed by atoms with Gasteiger partial charge in [0, 0.05) is 0 Å². The van der Waals surface area contributed by atoms with E-state index < -0.39 is 0 Å². The number of benzene rings is 2. The molecule has 2 rings (SSSR count). The highest BCUT2D eigenvalue weighted by Crippen LogP contribution is 2.37. The first-order chi connectivity index (χ1) is 9.01. The molecular weight excluding hydrogens is 240 g/mol. The molecule has 20 heavy (non-hydrogen) atoms. The third-order valence-corrected chi connectivity index (χ3v) is 4.21. The van der Waals surface area contributed by atoms with Gasteiger partial charge in [-0.15, -0.1) is 0 Å². The summed E-state index contributed by atoms with van der Waals surface area (Å²) in [5.74, 6) is 0. The van der Waals surface area contributed by atoms with Crippen molar-refractivity contribution < 1.29 is 0 Å². The molecule has 0 aromatic heterocycles. The summed E-state index contributed by atoms with van der Waals surface area (Å²) in [6.45, 7) is 18.3. The molecule has 0 heteroatoms. The maximum atomic E-state index is 2.43. The Hall–Kier alpha value is -1.30. The van der Waals surface area contributed by atoms with Gasteiger partial charge in [-0.2, -0.15) is 0 Å². The molecule has 2 aromatic rings. The molecule has 0 fully saturated rings. The lowest BCUT2D eigenvalue weighted by Crippen LogP contribution is -2.17. The summed E-state index contributed by atoms with van der Waals surface area (Å²) < 4.78 is 0. The molecule has 0 spiro atoms. The largest absolute Gasteiger partial charge is 0.0584 e. The van der Waals surface area contributed by atoms with E-state index in [0.29, 0.717) is 0 Å². The highest BCUT2D eigenvalue weighted by Gasteiger charge is 2.23. The van der Waals surface area contributed by atoms with Crippen LogP contribution in [0.3, 0.4) is 0 Å². The van der Waals surface area contributed by atoms with Gasteiger partial charge >= 0.3 is 0 Å². The minimum Gasteiger partial charge on any atom is -0.0584 e. The molecule has 0 N–H and O–H groups in total. The monoisotopic (exact) mass is 268 g/mol. The smallest absolute Gasteiger partial charge is 0.0114 e. The number of fused-ring (bicyclic) bond motifs is 1. The van der Waals surface area contributed by atoms with Gasteiger partial charge in [0.2, 0.25) is 0 Å². The van der Waals surface area contributed by atoms with Crippen molar-refractivity contribution in [1.82, 2.24) is 0 Å². The molecule has 0 bridgehead atoms. The molecule has 0 heterocycles. The number of hydrogen-bond donors (Lipinski definition) is 0. The molecule has 0 saturated heterocycles. The van der Waals surface area contributed by atoms with Crippen molar-refractivity contribution >= 4 is 10.8 Å². The summed E-state index contributed by atoms with van der Waals surface area (Å²) in [4.78, 5) is 0. The van der Waals surface area contributed by atoms with E-state index in [1.54, 1.807) is 0 Å². The third kappa shape index (κ3) is 2.61. The van der Waals surface area contributed by atoms with E-state index in [-0.39, 0.29) is 10.8 Å². The lowest BCUT2D eigenvalue weighted by Gasteiger charge is -2.28. The van der Waals surface area contributed by atoms with Crippen molar-refractivity contribution in [1.29, 1.82) is 0 Å². The maximum Gasteiger partial charge on any atom is -0.0114 e. The molecule has 108 valence electrons. The van der Waals surface area contributed by atoms with Crippen LogP contribution < -0.4 is 0 Å². The molecule has 2 aromatic carbocycles. The molecule has 0 nitrogen and oxygen atoms in total. The van der Waals surface area contributed by atoms with Crippen LogP contribution in [0.5, 0.6) is 0 Å². The molecule has 0 radical (unpaired) electrons. The fraction of sp³-hybridized carbons (Fsp3) is 0.500. The summed E-state index contributed by atoms with van der Waals surface area (Å²) in [5.41, 5.74) is 6.02. The second kappa shape index (κ2) is 4.62. The first-order valence-corrected chi connectivity index (χ1v) is 7.57. The van der Waals surface area contributed by atoms with Crippen LogP contribution in [0.2, 0.25) is 0 Å². The lowest BCUT2D eigenvalue weighted by atomic mass is 9.77. The van der Waals surface area contributed by atoms with E-state index in [9.17, 15) is 0 Å². The Morgan fingerprint density at radius 1 is 0.700 bits per heavy atom. The van der Waals surface area contributed by atoms with Crippen molar-refractivity contribution in [3.63, 3.8) is 0 Å². The molecule has 0 aliphatic heterocycles. The number of aryl methyl sites for hydroxylation is 2. The van der Waals surface area contributed by atoms with E-state index >= 15 is 0 Å². The number of hydrogen-bond acceptors (Lipinski definition) is 0. The minimum absolute atomic E-state index is 0.165. The van der Waals surface area contributed by atoms with E-state index in [1.165, 1.54) is 33.0 Å². The van der Waals surface area contributed by atoms with Crippen LogP contribution in [0.25, 0.3) is 10.8 Å². The predicted octanol–water partition coefficient (Wildman–Crippen LogP) is 6.05. The zero-order valence-corrected chi connectivity index (χ0v) is 14.3. The zero-order valence-electron chi connectivity index (χ0n) is 14.3. The Morgan fingerprint density at radius 2 is 1.25 bits per heavy atom. The molecule has 0 atom stereocenters. The van der Waals surface area contributed by atoms with Crippen molar-refractivity contribution in [2.45, 2.75) is 66.2 Å².